The lowest BCUT2D eigenvalue weighted by Crippen LogP contribution is -2.35. The number of rotatable bonds is 3. The summed E-state index contributed by atoms with van der Waals surface area (Å²) in [7, 11) is -1.68. The van der Waals surface area contributed by atoms with Crippen LogP contribution in [-0.2, 0) is 10.0 Å². The molecule has 94 valence electrons. The Morgan fingerprint density at radius 3 is 2.41 bits per heavy atom. The van der Waals surface area contributed by atoms with Gasteiger partial charge >= 0.3 is 0 Å². The molecule has 0 radical (unpaired) electrons. The summed E-state index contributed by atoms with van der Waals surface area (Å²) in [6.07, 6.45) is 3.53. The largest absolute Gasteiger partial charge is 0.397 e. The molecule has 0 unspecified atom stereocenters. The Hall–Kier alpha value is -1.23. The van der Waals surface area contributed by atoms with Crippen molar-refractivity contribution in [3.05, 3.63) is 24.3 Å². The maximum Gasteiger partial charge on any atom is 0.237 e. The minimum absolute atomic E-state index is 0.243. The van der Waals surface area contributed by atoms with Gasteiger partial charge in [-0.2, -0.15) is 0 Å². The molecule has 0 heterocycles. The van der Waals surface area contributed by atoms with Gasteiger partial charge in [0.15, 0.2) is 0 Å². The second-order valence-electron chi connectivity index (χ2n) is 4.48. The SMILES string of the molecule is CN(c1ccccc1N)S(=O)(=O)C1CCCC1. The Bertz CT molecular complexity index is 493. The molecule has 0 spiro atoms. The average molecular weight is 254 g/mol. The summed E-state index contributed by atoms with van der Waals surface area (Å²) < 4.78 is 26.0. The standard InChI is InChI=1S/C12H18N2O2S/c1-14(12-9-5-4-8-11(12)13)17(15,16)10-6-2-3-7-10/h4-5,8-10H,2-3,6-7,13H2,1H3. The van der Waals surface area contributed by atoms with E-state index in [4.69, 9.17) is 5.73 Å². The van der Waals surface area contributed by atoms with Gasteiger partial charge in [0.05, 0.1) is 16.6 Å². The number of sulfonamides is 1. The summed E-state index contributed by atoms with van der Waals surface area (Å²) in [6, 6.07) is 7.05. The summed E-state index contributed by atoms with van der Waals surface area (Å²) in [5, 5.41) is -0.243. The van der Waals surface area contributed by atoms with Crippen LogP contribution in [-0.4, -0.2) is 20.7 Å². The zero-order valence-electron chi connectivity index (χ0n) is 9.96. The maximum atomic E-state index is 12.4. The summed E-state index contributed by atoms with van der Waals surface area (Å²) in [4.78, 5) is 0. The van der Waals surface area contributed by atoms with Gasteiger partial charge in [-0.25, -0.2) is 8.42 Å². The zero-order valence-corrected chi connectivity index (χ0v) is 10.8. The molecular formula is C12H18N2O2S. The molecule has 0 aromatic heterocycles. The number of nitrogen functional groups attached to an aromatic ring is 1. The van der Waals surface area contributed by atoms with Crippen LogP contribution in [0.2, 0.25) is 0 Å². The lowest BCUT2D eigenvalue weighted by atomic mass is 10.3. The molecule has 0 atom stereocenters. The fraction of sp³-hybridized carbons (Fsp3) is 0.500. The minimum Gasteiger partial charge on any atom is -0.397 e. The van der Waals surface area contributed by atoms with Gasteiger partial charge in [0.1, 0.15) is 0 Å². The normalized spacial score (nSPS) is 17.2. The Morgan fingerprint density at radius 1 is 1.24 bits per heavy atom. The van der Waals surface area contributed by atoms with E-state index < -0.39 is 10.0 Å². The van der Waals surface area contributed by atoms with Crippen molar-refractivity contribution in [1.82, 2.24) is 0 Å². The van der Waals surface area contributed by atoms with E-state index in [1.807, 2.05) is 0 Å². The number of nitrogens with zero attached hydrogens (tertiary/aromatic N) is 1. The Morgan fingerprint density at radius 2 is 1.82 bits per heavy atom. The van der Waals surface area contributed by atoms with Gasteiger partial charge < -0.3 is 5.73 Å². The lowest BCUT2D eigenvalue weighted by Gasteiger charge is -2.24. The molecule has 5 heteroatoms. The zero-order chi connectivity index (χ0) is 12.5. The number of anilines is 2. The summed E-state index contributed by atoms with van der Waals surface area (Å²) in [5.41, 5.74) is 6.88. The first-order valence-electron chi connectivity index (χ1n) is 5.85. The number of para-hydroxylation sites is 2. The van der Waals surface area contributed by atoms with Crippen LogP contribution < -0.4 is 10.0 Å². The molecule has 0 saturated heterocycles. The molecule has 2 rings (SSSR count). The van der Waals surface area contributed by atoms with Crippen molar-refractivity contribution < 1.29 is 8.42 Å². The van der Waals surface area contributed by atoms with Crippen LogP contribution >= 0.6 is 0 Å². The maximum absolute atomic E-state index is 12.4. The van der Waals surface area contributed by atoms with Crippen molar-refractivity contribution in [2.75, 3.05) is 17.1 Å². The average Bonchev–Trinajstić information content (AvgIpc) is 2.83. The summed E-state index contributed by atoms with van der Waals surface area (Å²) in [6.45, 7) is 0. The van der Waals surface area contributed by atoms with Gasteiger partial charge in [0, 0.05) is 7.05 Å². The topological polar surface area (TPSA) is 63.4 Å². The molecule has 0 aliphatic heterocycles. The van der Waals surface area contributed by atoms with Crippen molar-refractivity contribution in [3.63, 3.8) is 0 Å². The number of benzene rings is 1. The third-order valence-corrected chi connectivity index (χ3v) is 5.66. The van der Waals surface area contributed by atoms with E-state index in [-0.39, 0.29) is 5.25 Å². The van der Waals surface area contributed by atoms with Crippen molar-refractivity contribution in [2.24, 2.45) is 0 Å². The molecule has 1 aromatic rings. The van der Waals surface area contributed by atoms with Crippen molar-refractivity contribution >= 4 is 21.4 Å². The Kier molecular flexibility index (Phi) is 3.28. The Balaban J connectivity index is 2.31. The van der Waals surface area contributed by atoms with Crippen molar-refractivity contribution in [1.29, 1.82) is 0 Å². The molecule has 1 aliphatic rings. The minimum atomic E-state index is -3.26. The van der Waals surface area contributed by atoms with Crippen LogP contribution in [0.3, 0.4) is 0 Å². The first-order chi connectivity index (χ1) is 8.03. The van der Waals surface area contributed by atoms with Gasteiger partial charge in [-0.15, -0.1) is 0 Å². The molecule has 4 nitrogen and oxygen atoms in total. The first kappa shape index (κ1) is 12.2. The molecule has 2 N–H and O–H groups in total. The van der Waals surface area contributed by atoms with E-state index in [1.54, 1.807) is 31.3 Å². The van der Waals surface area contributed by atoms with Gasteiger partial charge in [0.25, 0.3) is 0 Å². The molecule has 0 bridgehead atoms. The highest BCUT2D eigenvalue weighted by Crippen LogP contribution is 2.31. The van der Waals surface area contributed by atoms with Crippen LogP contribution in [0.1, 0.15) is 25.7 Å². The van der Waals surface area contributed by atoms with Crippen LogP contribution in [0, 0.1) is 0 Å². The van der Waals surface area contributed by atoms with Crippen molar-refractivity contribution in [2.45, 2.75) is 30.9 Å². The van der Waals surface area contributed by atoms with E-state index >= 15 is 0 Å². The number of hydrogen-bond donors (Lipinski definition) is 1. The van der Waals surface area contributed by atoms with Gasteiger partial charge in [-0.1, -0.05) is 25.0 Å². The summed E-state index contributed by atoms with van der Waals surface area (Å²) in [5.74, 6) is 0. The van der Waals surface area contributed by atoms with E-state index in [2.05, 4.69) is 0 Å². The molecule has 1 fully saturated rings. The van der Waals surface area contributed by atoms with Gasteiger partial charge in [0.2, 0.25) is 10.0 Å². The van der Waals surface area contributed by atoms with Crippen LogP contribution in [0.15, 0.2) is 24.3 Å². The molecular weight excluding hydrogens is 236 g/mol. The van der Waals surface area contributed by atoms with Crippen LogP contribution in [0.25, 0.3) is 0 Å². The van der Waals surface area contributed by atoms with E-state index in [1.165, 1.54) is 4.31 Å². The Labute approximate surface area is 102 Å². The second-order valence-corrected chi connectivity index (χ2v) is 6.72. The fourth-order valence-electron chi connectivity index (χ4n) is 2.32. The first-order valence-corrected chi connectivity index (χ1v) is 7.36. The second kappa shape index (κ2) is 4.56. The van der Waals surface area contributed by atoms with Crippen LogP contribution in [0.5, 0.6) is 0 Å². The van der Waals surface area contributed by atoms with Crippen molar-refractivity contribution in [3.8, 4) is 0 Å². The van der Waals surface area contributed by atoms with E-state index in [0.29, 0.717) is 11.4 Å². The van der Waals surface area contributed by atoms with Gasteiger partial charge in [-0.3, -0.25) is 4.31 Å². The monoisotopic (exact) mass is 254 g/mol. The highest BCUT2D eigenvalue weighted by molar-refractivity contribution is 7.93. The third-order valence-electron chi connectivity index (χ3n) is 3.38. The fourth-order valence-corrected chi connectivity index (χ4v) is 4.14. The quantitative estimate of drug-likeness (QED) is 0.839. The van der Waals surface area contributed by atoms with E-state index in [0.717, 1.165) is 25.7 Å². The predicted octanol–water partition coefficient (Wildman–Crippen LogP) is 1.98. The highest BCUT2D eigenvalue weighted by atomic mass is 32.2. The molecule has 17 heavy (non-hydrogen) atoms. The van der Waals surface area contributed by atoms with E-state index in [9.17, 15) is 8.42 Å². The smallest absolute Gasteiger partial charge is 0.237 e. The molecule has 1 aromatic carbocycles. The lowest BCUT2D eigenvalue weighted by molar-refractivity contribution is 0.578. The molecule has 0 amide bonds. The predicted molar refractivity (Wildman–Crippen MR) is 70.4 cm³/mol. The van der Waals surface area contributed by atoms with Gasteiger partial charge in [-0.05, 0) is 25.0 Å². The summed E-state index contributed by atoms with van der Waals surface area (Å²) >= 11 is 0. The highest BCUT2D eigenvalue weighted by Gasteiger charge is 2.32. The molecule has 1 saturated carbocycles. The molecule has 1 aliphatic carbocycles. The number of hydrogen-bond acceptors (Lipinski definition) is 3. The van der Waals surface area contributed by atoms with Crippen LogP contribution in [0.4, 0.5) is 11.4 Å². The third kappa shape index (κ3) is 2.24. The number of nitrogens with two attached hydrogens (primary N) is 1.